The molecule has 0 radical (unpaired) electrons. The van der Waals surface area contributed by atoms with Gasteiger partial charge >= 0.3 is 5.97 Å². The number of carbonyl (C=O) groups is 1. The number of hydrogen-bond donors (Lipinski definition) is 1. The second-order valence-electron chi connectivity index (χ2n) is 6.20. The molecule has 0 unspecified atom stereocenters. The summed E-state index contributed by atoms with van der Waals surface area (Å²) in [5, 5.41) is 9.08. The van der Waals surface area contributed by atoms with Gasteiger partial charge in [-0.15, -0.1) is 0 Å². The molecule has 0 saturated carbocycles. The van der Waals surface area contributed by atoms with E-state index in [2.05, 4.69) is 6.92 Å². The predicted molar refractivity (Wildman–Crippen MR) is 90.5 cm³/mol. The van der Waals surface area contributed by atoms with Gasteiger partial charge in [-0.05, 0) is 19.8 Å². The van der Waals surface area contributed by atoms with Crippen LogP contribution in [0.15, 0.2) is 11.3 Å². The van der Waals surface area contributed by atoms with Gasteiger partial charge in [-0.3, -0.25) is 0 Å². The summed E-state index contributed by atoms with van der Waals surface area (Å²) in [7, 11) is 3.86. The second kappa shape index (κ2) is 12.7. The van der Waals surface area contributed by atoms with Gasteiger partial charge in [-0.25, -0.2) is 4.79 Å². The number of nitrogens with zero attached hydrogens (tertiary/aromatic N) is 1. The Morgan fingerprint density at radius 3 is 1.67 bits per heavy atom. The van der Waals surface area contributed by atoms with Crippen molar-refractivity contribution in [1.29, 1.82) is 0 Å². The fourth-order valence-corrected chi connectivity index (χ4v) is 2.65. The van der Waals surface area contributed by atoms with Gasteiger partial charge in [0.2, 0.25) is 0 Å². The maximum Gasteiger partial charge on any atom is 0.333 e. The van der Waals surface area contributed by atoms with Gasteiger partial charge in [-0.2, -0.15) is 0 Å². The third kappa shape index (κ3) is 10.4. The molecule has 0 rings (SSSR count). The summed E-state index contributed by atoms with van der Waals surface area (Å²) < 4.78 is 0. The molecule has 0 fully saturated rings. The van der Waals surface area contributed by atoms with Crippen LogP contribution in [0.25, 0.3) is 0 Å². The van der Waals surface area contributed by atoms with Crippen molar-refractivity contribution in [3.63, 3.8) is 0 Å². The summed E-state index contributed by atoms with van der Waals surface area (Å²) in [4.78, 5) is 13.0. The van der Waals surface area contributed by atoms with Gasteiger partial charge in [0.15, 0.2) is 0 Å². The maximum atomic E-state index is 11.0. The van der Waals surface area contributed by atoms with Crippen molar-refractivity contribution in [2.75, 3.05) is 14.1 Å². The number of allylic oxidation sites excluding steroid dienone is 1. The first-order valence-electron chi connectivity index (χ1n) is 8.61. The molecule has 0 amide bonds. The van der Waals surface area contributed by atoms with Crippen LogP contribution in [0.1, 0.15) is 84.5 Å². The number of carboxylic acid groups (broad SMARTS) is 1. The van der Waals surface area contributed by atoms with Crippen molar-refractivity contribution in [2.45, 2.75) is 84.5 Å². The number of rotatable bonds is 13. The van der Waals surface area contributed by atoms with Crippen molar-refractivity contribution in [2.24, 2.45) is 0 Å². The molecule has 0 aromatic rings. The molecule has 0 saturated heterocycles. The van der Waals surface area contributed by atoms with E-state index in [0.29, 0.717) is 5.57 Å². The predicted octanol–water partition coefficient (Wildman–Crippen LogP) is 5.22. The number of aliphatic carboxylic acids is 1. The summed E-state index contributed by atoms with van der Waals surface area (Å²) in [6, 6.07) is 0. The van der Waals surface area contributed by atoms with Crippen LogP contribution in [0.4, 0.5) is 0 Å². The van der Waals surface area contributed by atoms with E-state index >= 15 is 0 Å². The van der Waals surface area contributed by atoms with E-state index in [1.165, 1.54) is 57.8 Å². The first-order chi connectivity index (χ1) is 10.0. The van der Waals surface area contributed by atoms with Gasteiger partial charge in [-0.1, -0.05) is 64.7 Å². The molecular formula is C18H35NO2. The molecule has 0 heterocycles. The highest BCUT2D eigenvalue weighted by molar-refractivity contribution is 5.86. The van der Waals surface area contributed by atoms with E-state index in [1.54, 1.807) is 6.92 Å². The van der Waals surface area contributed by atoms with Crippen molar-refractivity contribution in [3.05, 3.63) is 11.3 Å². The lowest BCUT2D eigenvalue weighted by Crippen LogP contribution is -2.16. The third-order valence-electron chi connectivity index (χ3n) is 4.06. The van der Waals surface area contributed by atoms with E-state index in [9.17, 15) is 4.79 Å². The lowest BCUT2D eigenvalue weighted by atomic mass is 10.0. The number of unbranched alkanes of at least 4 members (excludes halogenated alkanes) is 9. The Bertz CT molecular complexity index is 308. The Hall–Kier alpha value is -0.990. The van der Waals surface area contributed by atoms with Crippen molar-refractivity contribution < 1.29 is 9.90 Å². The minimum absolute atomic E-state index is 0.482. The van der Waals surface area contributed by atoms with Gasteiger partial charge in [0.25, 0.3) is 0 Å². The monoisotopic (exact) mass is 297 g/mol. The molecule has 21 heavy (non-hydrogen) atoms. The molecule has 0 aliphatic rings. The van der Waals surface area contributed by atoms with Crippen LogP contribution in [0.5, 0.6) is 0 Å². The maximum absolute atomic E-state index is 11.0. The van der Waals surface area contributed by atoms with Gasteiger partial charge in [0.1, 0.15) is 0 Å². The smallest absolute Gasteiger partial charge is 0.333 e. The molecule has 0 aliphatic heterocycles. The Labute approximate surface area is 131 Å². The van der Waals surface area contributed by atoms with Crippen LogP contribution in [-0.2, 0) is 4.79 Å². The highest BCUT2D eigenvalue weighted by Gasteiger charge is 2.10. The first kappa shape index (κ1) is 20.0. The SMILES string of the molecule is CCCCCCCCCCCC/C(=C(/C)C(=O)O)N(C)C. The van der Waals surface area contributed by atoms with Crippen LogP contribution in [0.2, 0.25) is 0 Å². The van der Waals surface area contributed by atoms with E-state index in [4.69, 9.17) is 5.11 Å². The molecule has 0 aliphatic carbocycles. The van der Waals surface area contributed by atoms with E-state index < -0.39 is 5.97 Å². The van der Waals surface area contributed by atoms with Crippen molar-refractivity contribution in [3.8, 4) is 0 Å². The van der Waals surface area contributed by atoms with Gasteiger partial charge < -0.3 is 10.0 Å². The zero-order valence-electron chi connectivity index (χ0n) is 14.6. The van der Waals surface area contributed by atoms with Crippen LogP contribution in [-0.4, -0.2) is 30.1 Å². The second-order valence-corrected chi connectivity index (χ2v) is 6.20. The summed E-state index contributed by atoms with van der Waals surface area (Å²) in [6.45, 7) is 3.95. The number of hydrogen-bond acceptors (Lipinski definition) is 2. The largest absolute Gasteiger partial charge is 0.478 e. The summed E-state index contributed by atoms with van der Waals surface area (Å²) in [5.74, 6) is -0.800. The molecule has 0 spiro atoms. The van der Waals surface area contributed by atoms with Crippen LogP contribution < -0.4 is 0 Å². The van der Waals surface area contributed by atoms with Crippen LogP contribution >= 0.6 is 0 Å². The Kier molecular flexibility index (Phi) is 12.1. The van der Waals surface area contributed by atoms with Crippen LogP contribution in [0.3, 0.4) is 0 Å². The number of carboxylic acids is 1. The van der Waals surface area contributed by atoms with Crippen LogP contribution in [0, 0.1) is 0 Å². The molecule has 3 nitrogen and oxygen atoms in total. The lowest BCUT2D eigenvalue weighted by Gasteiger charge is -2.19. The highest BCUT2D eigenvalue weighted by Crippen LogP contribution is 2.17. The topological polar surface area (TPSA) is 40.5 Å². The van der Waals surface area contributed by atoms with Crippen molar-refractivity contribution >= 4 is 5.97 Å². The molecular weight excluding hydrogens is 262 g/mol. The van der Waals surface area contributed by atoms with Gasteiger partial charge in [0.05, 0.1) is 5.57 Å². The van der Waals surface area contributed by atoms with Gasteiger partial charge in [0, 0.05) is 19.8 Å². The molecule has 124 valence electrons. The molecule has 0 aromatic heterocycles. The molecule has 0 bridgehead atoms. The normalized spacial score (nSPS) is 12.2. The minimum Gasteiger partial charge on any atom is -0.478 e. The Balaban J connectivity index is 3.69. The first-order valence-corrected chi connectivity index (χ1v) is 8.61. The molecule has 1 N–H and O–H groups in total. The highest BCUT2D eigenvalue weighted by atomic mass is 16.4. The lowest BCUT2D eigenvalue weighted by molar-refractivity contribution is -0.132. The Morgan fingerprint density at radius 1 is 0.857 bits per heavy atom. The summed E-state index contributed by atoms with van der Waals surface area (Å²) >= 11 is 0. The zero-order valence-corrected chi connectivity index (χ0v) is 14.6. The van der Waals surface area contributed by atoms with E-state index in [0.717, 1.165) is 18.5 Å². The van der Waals surface area contributed by atoms with E-state index in [-0.39, 0.29) is 0 Å². The molecule has 0 atom stereocenters. The standard InChI is InChI=1S/C18H35NO2/c1-5-6-7-8-9-10-11-12-13-14-15-17(19(3)4)16(2)18(20)21/h5-15H2,1-4H3,(H,20,21)/b17-16+. The fraction of sp³-hybridized carbons (Fsp3) is 0.833. The quantitative estimate of drug-likeness (QED) is 0.374. The summed E-state index contributed by atoms with van der Waals surface area (Å²) in [6.07, 6.45) is 14.0. The molecule has 0 aromatic carbocycles. The molecule has 3 heteroatoms. The third-order valence-corrected chi connectivity index (χ3v) is 4.06. The van der Waals surface area contributed by atoms with Crippen molar-refractivity contribution in [1.82, 2.24) is 4.90 Å². The average molecular weight is 297 g/mol. The fourth-order valence-electron chi connectivity index (χ4n) is 2.65. The zero-order chi connectivity index (χ0) is 16.1. The average Bonchev–Trinajstić information content (AvgIpc) is 2.43. The Morgan fingerprint density at radius 2 is 1.29 bits per heavy atom. The minimum atomic E-state index is -0.800. The van der Waals surface area contributed by atoms with E-state index in [1.807, 2.05) is 19.0 Å². The summed E-state index contributed by atoms with van der Waals surface area (Å²) in [5.41, 5.74) is 1.44.